The van der Waals surface area contributed by atoms with Crippen LogP contribution >= 0.6 is 0 Å². The lowest BCUT2D eigenvalue weighted by atomic mass is 10.2. The molecule has 0 saturated heterocycles. The molecule has 102 valence electrons. The van der Waals surface area contributed by atoms with Crippen molar-refractivity contribution in [2.24, 2.45) is 0 Å². The summed E-state index contributed by atoms with van der Waals surface area (Å²) in [6.45, 7) is 6.34. The van der Waals surface area contributed by atoms with Gasteiger partial charge < -0.3 is 10.2 Å². The minimum atomic E-state index is -0.0858. The van der Waals surface area contributed by atoms with Gasteiger partial charge in [-0.15, -0.1) is 6.58 Å². The summed E-state index contributed by atoms with van der Waals surface area (Å²) in [6.07, 6.45) is 5.31. The molecule has 0 unspecified atom stereocenters. The van der Waals surface area contributed by atoms with Crippen molar-refractivity contribution in [1.82, 2.24) is 15.2 Å². The molecule has 0 radical (unpaired) electrons. The van der Waals surface area contributed by atoms with Gasteiger partial charge in [-0.2, -0.15) is 0 Å². The van der Waals surface area contributed by atoms with Crippen molar-refractivity contribution in [3.05, 3.63) is 42.7 Å². The summed E-state index contributed by atoms with van der Waals surface area (Å²) in [6, 6.07) is 3.73. The summed E-state index contributed by atoms with van der Waals surface area (Å²) in [5.41, 5.74) is 0.948. The molecule has 1 aromatic rings. The summed E-state index contributed by atoms with van der Waals surface area (Å²) >= 11 is 0. The van der Waals surface area contributed by atoms with E-state index in [2.05, 4.69) is 16.9 Å². The predicted octanol–water partition coefficient (Wildman–Crippen LogP) is 1.12. The van der Waals surface area contributed by atoms with Gasteiger partial charge in [-0.05, 0) is 11.6 Å². The minimum Gasteiger partial charge on any atom is -0.353 e. The van der Waals surface area contributed by atoms with Crippen LogP contribution in [0, 0.1) is 0 Å². The van der Waals surface area contributed by atoms with E-state index in [4.69, 9.17) is 0 Å². The molecular weight excluding hydrogens is 242 g/mol. The van der Waals surface area contributed by atoms with Gasteiger partial charge >= 0.3 is 0 Å². The van der Waals surface area contributed by atoms with E-state index < -0.39 is 0 Å². The Morgan fingerprint density at radius 3 is 2.89 bits per heavy atom. The van der Waals surface area contributed by atoms with Crippen LogP contribution in [-0.4, -0.2) is 34.8 Å². The highest BCUT2D eigenvalue weighted by molar-refractivity contribution is 5.78. The van der Waals surface area contributed by atoms with E-state index in [-0.39, 0.29) is 18.2 Å². The number of hydrogen-bond donors (Lipinski definition) is 1. The molecule has 1 heterocycles. The average Bonchev–Trinajstić information content (AvgIpc) is 2.41. The van der Waals surface area contributed by atoms with Gasteiger partial charge in [0.05, 0.1) is 0 Å². The van der Waals surface area contributed by atoms with Gasteiger partial charge in [-0.1, -0.05) is 12.1 Å². The maximum Gasteiger partial charge on any atom is 0.222 e. The van der Waals surface area contributed by atoms with E-state index in [1.165, 1.54) is 6.92 Å². The van der Waals surface area contributed by atoms with Gasteiger partial charge in [0.15, 0.2) is 0 Å². The molecule has 1 N–H and O–H groups in total. The maximum absolute atomic E-state index is 11.5. The van der Waals surface area contributed by atoms with E-state index in [0.29, 0.717) is 19.6 Å². The number of nitrogens with zero attached hydrogens (tertiary/aromatic N) is 2. The SMILES string of the molecule is C=CCNC(=O)CCN(Cc1cccnc1)C(C)=O. The molecular formula is C14H19N3O2. The molecule has 2 amide bonds. The van der Waals surface area contributed by atoms with Crippen molar-refractivity contribution < 1.29 is 9.59 Å². The van der Waals surface area contributed by atoms with Crippen LogP contribution in [0.25, 0.3) is 0 Å². The number of pyridine rings is 1. The number of hydrogen-bond acceptors (Lipinski definition) is 3. The Balaban J connectivity index is 2.47. The van der Waals surface area contributed by atoms with Crippen molar-refractivity contribution in [2.45, 2.75) is 19.9 Å². The number of carbonyl (C=O) groups excluding carboxylic acids is 2. The third-order valence-electron chi connectivity index (χ3n) is 2.59. The van der Waals surface area contributed by atoms with Crippen LogP contribution in [0.4, 0.5) is 0 Å². The van der Waals surface area contributed by atoms with Crippen LogP contribution in [0.1, 0.15) is 18.9 Å². The van der Waals surface area contributed by atoms with Crippen LogP contribution in [0.2, 0.25) is 0 Å². The number of amides is 2. The lowest BCUT2D eigenvalue weighted by Crippen LogP contribution is -2.33. The normalized spacial score (nSPS) is 9.74. The second kappa shape index (κ2) is 8.02. The Bertz CT molecular complexity index is 432. The van der Waals surface area contributed by atoms with Gasteiger partial charge in [0.2, 0.25) is 11.8 Å². The number of rotatable bonds is 7. The van der Waals surface area contributed by atoms with Gasteiger partial charge in [0.1, 0.15) is 0 Å². The first kappa shape index (κ1) is 14.9. The van der Waals surface area contributed by atoms with Crippen molar-refractivity contribution in [3.63, 3.8) is 0 Å². The van der Waals surface area contributed by atoms with Crippen LogP contribution in [0.3, 0.4) is 0 Å². The van der Waals surface area contributed by atoms with Crippen LogP contribution in [0.5, 0.6) is 0 Å². The average molecular weight is 261 g/mol. The summed E-state index contributed by atoms with van der Waals surface area (Å²) in [7, 11) is 0. The second-order valence-electron chi connectivity index (χ2n) is 4.14. The smallest absolute Gasteiger partial charge is 0.222 e. The Labute approximate surface area is 113 Å². The first-order valence-corrected chi connectivity index (χ1v) is 6.15. The highest BCUT2D eigenvalue weighted by Crippen LogP contribution is 2.04. The van der Waals surface area contributed by atoms with Gasteiger partial charge in [-0.25, -0.2) is 0 Å². The molecule has 0 fully saturated rings. The van der Waals surface area contributed by atoms with Crippen LogP contribution in [0.15, 0.2) is 37.2 Å². The predicted molar refractivity (Wildman–Crippen MR) is 73.2 cm³/mol. The molecule has 1 rings (SSSR count). The zero-order chi connectivity index (χ0) is 14.1. The number of nitrogens with one attached hydrogen (secondary N) is 1. The van der Waals surface area contributed by atoms with Crippen molar-refractivity contribution in [2.75, 3.05) is 13.1 Å². The highest BCUT2D eigenvalue weighted by Gasteiger charge is 2.11. The standard InChI is InChI=1S/C14H19N3O2/c1-3-7-16-14(19)6-9-17(12(2)18)11-13-5-4-8-15-10-13/h3-5,8,10H,1,6-7,9,11H2,2H3,(H,16,19). The Morgan fingerprint density at radius 1 is 1.53 bits per heavy atom. The van der Waals surface area contributed by atoms with Crippen LogP contribution < -0.4 is 5.32 Å². The van der Waals surface area contributed by atoms with Gasteiger partial charge in [0, 0.05) is 45.4 Å². The summed E-state index contributed by atoms with van der Waals surface area (Å²) in [5, 5.41) is 2.68. The van der Waals surface area contributed by atoms with E-state index >= 15 is 0 Å². The first-order valence-electron chi connectivity index (χ1n) is 6.15. The molecule has 0 bridgehead atoms. The third kappa shape index (κ3) is 5.81. The van der Waals surface area contributed by atoms with Crippen molar-refractivity contribution in [1.29, 1.82) is 0 Å². The lowest BCUT2D eigenvalue weighted by molar-refractivity contribution is -0.130. The molecule has 5 heteroatoms. The molecule has 19 heavy (non-hydrogen) atoms. The molecule has 0 aliphatic carbocycles. The maximum atomic E-state index is 11.5. The van der Waals surface area contributed by atoms with E-state index in [1.807, 2.05) is 12.1 Å². The number of aromatic nitrogens is 1. The largest absolute Gasteiger partial charge is 0.353 e. The second-order valence-corrected chi connectivity index (χ2v) is 4.14. The Kier molecular flexibility index (Phi) is 6.29. The zero-order valence-electron chi connectivity index (χ0n) is 11.1. The first-order chi connectivity index (χ1) is 9.13. The highest BCUT2D eigenvalue weighted by atomic mass is 16.2. The van der Waals surface area contributed by atoms with Crippen LogP contribution in [-0.2, 0) is 16.1 Å². The van der Waals surface area contributed by atoms with E-state index in [1.54, 1.807) is 23.4 Å². The Hall–Kier alpha value is -2.17. The third-order valence-corrected chi connectivity index (χ3v) is 2.59. The van der Waals surface area contributed by atoms with Crippen molar-refractivity contribution >= 4 is 11.8 Å². The summed E-state index contributed by atoms with van der Waals surface area (Å²) in [5.74, 6) is -0.141. The molecule has 1 aromatic heterocycles. The molecule has 5 nitrogen and oxygen atoms in total. The van der Waals surface area contributed by atoms with Gasteiger partial charge in [-0.3, -0.25) is 14.6 Å². The minimum absolute atomic E-state index is 0.0552. The number of carbonyl (C=O) groups is 2. The van der Waals surface area contributed by atoms with E-state index in [0.717, 1.165) is 5.56 Å². The van der Waals surface area contributed by atoms with Gasteiger partial charge in [0.25, 0.3) is 0 Å². The summed E-state index contributed by atoms with van der Waals surface area (Å²) < 4.78 is 0. The molecule has 0 aliphatic rings. The molecule has 0 aromatic carbocycles. The quantitative estimate of drug-likeness (QED) is 0.748. The monoisotopic (exact) mass is 261 g/mol. The summed E-state index contributed by atoms with van der Waals surface area (Å²) in [4.78, 5) is 28.6. The fourth-order valence-electron chi connectivity index (χ4n) is 1.57. The lowest BCUT2D eigenvalue weighted by Gasteiger charge is -2.20. The molecule has 0 saturated carbocycles. The molecule has 0 atom stereocenters. The fourth-order valence-corrected chi connectivity index (χ4v) is 1.57. The molecule has 0 aliphatic heterocycles. The zero-order valence-corrected chi connectivity index (χ0v) is 11.1. The topological polar surface area (TPSA) is 62.3 Å². The van der Waals surface area contributed by atoms with E-state index in [9.17, 15) is 9.59 Å². The fraction of sp³-hybridized carbons (Fsp3) is 0.357. The van der Waals surface area contributed by atoms with Crippen molar-refractivity contribution in [3.8, 4) is 0 Å². The Morgan fingerprint density at radius 2 is 2.32 bits per heavy atom. The molecule has 0 spiro atoms.